The monoisotopic (exact) mass is 270 g/mol. The zero-order valence-corrected chi connectivity index (χ0v) is 11.7. The molecule has 100 valence electrons. The summed E-state index contributed by atoms with van der Waals surface area (Å²) >= 11 is 5.75. The summed E-state index contributed by atoms with van der Waals surface area (Å²) in [6.07, 6.45) is 0. The molecule has 1 aromatic carbocycles. The molecule has 0 aliphatic heterocycles. The van der Waals surface area contributed by atoms with Crippen molar-refractivity contribution in [2.24, 2.45) is 0 Å². The van der Waals surface area contributed by atoms with Crippen LogP contribution in [-0.4, -0.2) is 48.7 Å². The number of benzene rings is 1. The molecule has 18 heavy (non-hydrogen) atoms. The van der Waals surface area contributed by atoms with E-state index < -0.39 is 5.60 Å². The molecule has 0 fully saturated rings. The largest absolute Gasteiger partial charge is 0.387 e. The zero-order valence-electron chi connectivity index (χ0n) is 10.9. The van der Waals surface area contributed by atoms with Crippen LogP contribution in [0.5, 0.6) is 0 Å². The second kappa shape index (κ2) is 6.18. The molecule has 4 nitrogen and oxygen atoms in total. The number of aliphatic hydroxyl groups is 1. The highest BCUT2D eigenvalue weighted by Crippen LogP contribution is 2.10. The first-order valence-electron chi connectivity index (χ1n) is 5.71. The van der Waals surface area contributed by atoms with Crippen molar-refractivity contribution in [3.63, 3.8) is 0 Å². The van der Waals surface area contributed by atoms with E-state index >= 15 is 0 Å². The number of halogens is 1. The zero-order chi connectivity index (χ0) is 13.8. The molecule has 0 heterocycles. The fraction of sp³-hybridized carbons (Fsp3) is 0.462. The summed E-state index contributed by atoms with van der Waals surface area (Å²) in [4.78, 5) is 13.7. The van der Waals surface area contributed by atoms with Crippen molar-refractivity contribution in [3.8, 4) is 0 Å². The summed E-state index contributed by atoms with van der Waals surface area (Å²) in [6, 6.07) is 6.62. The summed E-state index contributed by atoms with van der Waals surface area (Å²) in [5.74, 6) is -0.217. The van der Waals surface area contributed by atoms with Gasteiger partial charge in [0.05, 0.1) is 5.60 Å². The van der Waals surface area contributed by atoms with Gasteiger partial charge in [-0.1, -0.05) is 11.6 Å². The van der Waals surface area contributed by atoms with Crippen LogP contribution in [0, 0.1) is 0 Å². The molecule has 0 aliphatic carbocycles. The highest BCUT2D eigenvalue weighted by Gasteiger charge is 2.22. The molecule has 2 N–H and O–H groups in total. The average Bonchev–Trinajstić information content (AvgIpc) is 2.25. The highest BCUT2D eigenvalue weighted by molar-refractivity contribution is 6.30. The Morgan fingerprint density at radius 1 is 1.39 bits per heavy atom. The lowest BCUT2D eigenvalue weighted by Gasteiger charge is -2.27. The third-order valence-electron chi connectivity index (χ3n) is 2.39. The Balaban J connectivity index is 2.53. The van der Waals surface area contributed by atoms with Gasteiger partial charge in [-0.2, -0.15) is 0 Å². The Labute approximate surface area is 113 Å². The Hall–Kier alpha value is -1.10. The minimum Gasteiger partial charge on any atom is -0.387 e. The fourth-order valence-electron chi connectivity index (χ4n) is 1.71. The maximum atomic E-state index is 11.8. The Morgan fingerprint density at radius 2 is 1.94 bits per heavy atom. The van der Waals surface area contributed by atoms with E-state index in [9.17, 15) is 9.90 Å². The van der Waals surface area contributed by atoms with Crippen LogP contribution in [0.4, 0.5) is 0 Å². The number of hydrogen-bond donors (Lipinski definition) is 2. The predicted molar refractivity (Wildman–Crippen MR) is 73.0 cm³/mol. The van der Waals surface area contributed by atoms with Gasteiger partial charge in [-0.05, 0) is 45.3 Å². The van der Waals surface area contributed by atoms with Crippen LogP contribution in [0.1, 0.15) is 17.3 Å². The van der Waals surface area contributed by atoms with Crippen LogP contribution < -0.4 is 5.32 Å². The van der Waals surface area contributed by atoms with Gasteiger partial charge in [0.25, 0.3) is 5.91 Å². The molecular formula is C13H19ClN2O2. The van der Waals surface area contributed by atoms with Crippen LogP contribution in [0.25, 0.3) is 0 Å². The molecular weight excluding hydrogens is 252 g/mol. The lowest BCUT2D eigenvalue weighted by Crippen LogP contribution is -2.47. The van der Waals surface area contributed by atoms with Gasteiger partial charge >= 0.3 is 0 Å². The number of nitrogens with zero attached hydrogens (tertiary/aromatic N) is 1. The molecule has 1 rings (SSSR count). The first-order chi connectivity index (χ1) is 8.30. The molecule has 1 unspecified atom stereocenters. The number of nitrogens with one attached hydrogen (secondary N) is 1. The van der Waals surface area contributed by atoms with Gasteiger partial charge in [0, 0.05) is 23.7 Å². The van der Waals surface area contributed by atoms with Crippen LogP contribution in [-0.2, 0) is 0 Å². The minimum atomic E-state index is -0.953. The van der Waals surface area contributed by atoms with Gasteiger partial charge in [-0.15, -0.1) is 0 Å². The average molecular weight is 271 g/mol. The van der Waals surface area contributed by atoms with Gasteiger partial charge < -0.3 is 15.3 Å². The van der Waals surface area contributed by atoms with Gasteiger partial charge in [0.1, 0.15) is 0 Å². The number of amides is 1. The SMILES string of the molecule is CN(C)CC(C)(O)CNC(=O)c1ccc(Cl)cc1. The van der Waals surface area contributed by atoms with Crippen LogP contribution in [0.3, 0.4) is 0 Å². The summed E-state index contributed by atoms with van der Waals surface area (Å²) in [7, 11) is 3.74. The van der Waals surface area contributed by atoms with Crippen molar-refractivity contribution >= 4 is 17.5 Å². The predicted octanol–water partition coefficient (Wildman–Crippen LogP) is 1.38. The van der Waals surface area contributed by atoms with Crippen LogP contribution in [0.2, 0.25) is 5.02 Å². The second-order valence-corrected chi connectivity index (χ2v) is 5.36. The van der Waals surface area contributed by atoms with Crippen molar-refractivity contribution in [1.82, 2.24) is 10.2 Å². The third kappa shape index (κ3) is 5.04. The fourth-order valence-corrected chi connectivity index (χ4v) is 1.84. The van der Waals surface area contributed by atoms with E-state index in [1.54, 1.807) is 31.2 Å². The van der Waals surface area contributed by atoms with E-state index in [0.717, 1.165) is 0 Å². The number of likely N-dealkylation sites (N-methyl/N-ethyl adjacent to an activating group) is 1. The van der Waals surface area contributed by atoms with Gasteiger partial charge in [0.2, 0.25) is 0 Å². The lowest BCUT2D eigenvalue weighted by atomic mass is 10.1. The van der Waals surface area contributed by atoms with Crippen molar-refractivity contribution in [2.75, 3.05) is 27.2 Å². The molecule has 1 atom stereocenters. The lowest BCUT2D eigenvalue weighted by molar-refractivity contribution is 0.0326. The van der Waals surface area contributed by atoms with Crippen molar-refractivity contribution in [2.45, 2.75) is 12.5 Å². The van der Waals surface area contributed by atoms with E-state index in [1.165, 1.54) is 0 Å². The summed E-state index contributed by atoms with van der Waals surface area (Å²) in [5.41, 5.74) is -0.425. The second-order valence-electron chi connectivity index (χ2n) is 4.92. The summed E-state index contributed by atoms with van der Waals surface area (Å²) < 4.78 is 0. The minimum absolute atomic E-state index is 0.201. The van der Waals surface area contributed by atoms with Gasteiger partial charge in [-0.25, -0.2) is 0 Å². The topological polar surface area (TPSA) is 52.6 Å². The van der Waals surface area contributed by atoms with Crippen molar-refractivity contribution in [3.05, 3.63) is 34.9 Å². The van der Waals surface area contributed by atoms with Crippen LogP contribution >= 0.6 is 11.6 Å². The number of carbonyl (C=O) groups is 1. The molecule has 0 radical (unpaired) electrons. The van der Waals surface area contributed by atoms with Crippen molar-refractivity contribution in [1.29, 1.82) is 0 Å². The summed E-state index contributed by atoms with van der Waals surface area (Å²) in [5, 5.41) is 13.3. The Morgan fingerprint density at radius 3 is 2.44 bits per heavy atom. The number of hydrogen-bond acceptors (Lipinski definition) is 3. The molecule has 0 saturated carbocycles. The maximum Gasteiger partial charge on any atom is 0.251 e. The Bertz CT molecular complexity index is 402. The van der Waals surface area contributed by atoms with Crippen molar-refractivity contribution < 1.29 is 9.90 Å². The van der Waals surface area contributed by atoms with Gasteiger partial charge in [0.15, 0.2) is 0 Å². The molecule has 1 amide bonds. The molecule has 0 aliphatic rings. The first kappa shape index (κ1) is 15.0. The molecule has 1 aromatic rings. The Kier molecular flexibility index (Phi) is 5.14. The van der Waals surface area contributed by atoms with E-state index in [0.29, 0.717) is 17.1 Å². The van der Waals surface area contributed by atoms with Gasteiger partial charge in [-0.3, -0.25) is 4.79 Å². The van der Waals surface area contributed by atoms with Crippen LogP contribution in [0.15, 0.2) is 24.3 Å². The van der Waals surface area contributed by atoms with E-state index in [2.05, 4.69) is 5.32 Å². The number of carbonyl (C=O) groups excluding carboxylic acids is 1. The maximum absolute atomic E-state index is 11.8. The standard InChI is InChI=1S/C13H19ClN2O2/c1-13(18,9-16(2)3)8-15-12(17)10-4-6-11(14)7-5-10/h4-7,18H,8-9H2,1-3H3,(H,15,17). The van der Waals surface area contributed by atoms with E-state index in [1.807, 2.05) is 19.0 Å². The van der Waals surface area contributed by atoms with E-state index in [4.69, 9.17) is 11.6 Å². The molecule has 5 heteroatoms. The quantitative estimate of drug-likeness (QED) is 0.850. The molecule has 0 spiro atoms. The first-order valence-corrected chi connectivity index (χ1v) is 6.09. The highest BCUT2D eigenvalue weighted by atomic mass is 35.5. The smallest absolute Gasteiger partial charge is 0.251 e. The molecule has 0 saturated heterocycles. The third-order valence-corrected chi connectivity index (χ3v) is 2.65. The molecule has 0 aromatic heterocycles. The molecule has 0 bridgehead atoms. The normalized spacial score (nSPS) is 14.3. The van der Waals surface area contributed by atoms with E-state index in [-0.39, 0.29) is 12.5 Å². The number of rotatable bonds is 5. The summed E-state index contributed by atoms with van der Waals surface area (Å²) in [6.45, 7) is 2.37.